The first-order valence-corrected chi connectivity index (χ1v) is 12.9. The number of fused-ring (bicyclic) bond motifs is 1. The van der Waals surface area contributed by atoms with Gasteiger partial charge in [-0.25, -0.2) is 13.4 Å². The summed E-state index contributed by atoms with van der Waals surface area (Å²) in [7, 11) is -8.17. The number of rotatable bonds is 6. The fraction of sp³-hybridized carbons (Fsp3) is 0.167. The largest absolute Gasteiger partial charge is 0.422 e. The molecule has 2 aromatic heterocycles. The van der Waals surface area contributed by atoms with Gasteiger partial charge in [0.25, 0.3) is 10.1 Å². The van der Waals surface area contributed by atoms with Gasteiger partial charge in [-0.1, -0.05) is 36.4 Å². The van der Waals surface area contributed by atoms with Gasteiger partial charge in [0.05, 0.1) is 10.2 Å². The number of thiazole rings is 1. The van der Waals surface area contributed by atoms with Crippen molar-refractivity contribution in [3.63, 3.8) is 0 Å². The van der Waals surface area contributed by atoms with E-state index in [-0.39, 0.29) is 10.9 Å². The molecule has 1 atom stereocenters. The molecule has 2 aromatic carbocycles. The van der Waals surface area contributed by atoms with Crippen LogP contribution in [0.4, 0.5) is 0 Å². The fourth-order valence-electron chi connectivity index (χ4n) is 2.92. The molecule has 156 valence electrons. The number of hydrogen-bond donors (Lipinski definition) is 1. The number of nitrogens with zero attached hydrogens (tertiary/aromatic N) is 3. The van der Waals surface area contributed by atoms with Crippen LogP contribution in [0.1, 0.15) is 22.0 Å². The molecule has 0 bridgehead atoms. The Hall–Kier alpha value is -2.67. The minimum absolute atomic E-state index is 0.222. The summed E-state index contributed by atoms with van der Waals surface area (Å²) in [5.74, 6) is -1.62. The van der Waals surface area contributed by atoms with Crippen molar-refractivity contribution in [3.8, 4) is 11.1 Å². The minimum Gasteiger partial charge on any atom is -0.422 e. The predicted molar refractivity (Wildman–Crippen MR) is 111 cm³/mol. The molecule has 0 amide bonds. The zero-order valence-corrected chi connectivity index (χ0v) is 17.9. The SMILES string of the molecule is CS(=O)(=O)C(c1nnc(CS(=O)(=O)O)o1)c1nc2ccc(-c3ccccc3)cc2s1. The average molecular weight is 466 g/mol. The molecule has 9 nitrogen and oxygen atoms in total. The monoisotopic (exact) mass is 465 g/mol. The molecular weight excluding hydrogens is 450 g/mol. The van der Waals surface area contributed by atoms with Gasteiger partial charge in [0.15, 0.2) is 20.8 Å². The van der Waals surface area contributed by atoms with Crippen molar-refractivity contribution in [1.82, 2.24) is 15.2 Å². The van der Waals surface area contributed by atoms with E-state index < -0.39 is 36.8 Å². The van der Waals surface area contributed by atoms with Crippen LogP contribution >= 0.6 is 11.3 Å². The maximum atomic E-state index is 12.5. The Labute approximate surface area is 176 Å². The first-order chi connectivity index (χ1) is 14.1. The van der Waals surface area contributed by atoms with Gasteiger partial charge < -0.3 is 4.42 Å². The van der Waals surface area contributed by atoms with E-state index in [1.807, 2.05) is 42.5 Å². The van der Waals surface area contributed by atoms with Crippen LogP contribution < -0.4 is 0 Å². The van der Waals surface area contributed by atoms with Gasteiger partial charge in [-0.3, -0.25) is 4.55 Å². The Morgan fingerprint density at radius 2 is 1.77 bits per heavy atom. The molecule has 0 aliphatic heterocycles. The summed E-state index contributed by atoms with van der Waals surface area (Å²) in [6.45, 7) is 0. The standard InChI is InChI=1S/C18H15N3O6S3/c1-29(22,23)16(17-21-20-15(27-17)10-30(24,25)26)18-19-13-8-7-12(9-14(13)28-18)11-5-3-2-4-6-11/h2-9,16H,10H2,1H3,(H,24,25,26). The van der Waals surface area contributed by atoms with Crippen molar-refractivity contribution < 1.29 is 25.8 Å². The van der Waals surface area contributed by atoms with Crippen LogP contribution in [-0.4, -0.2) is 42.8 Å². The smallest absolute Gasteiger partial charge is 0.273 e. The Kier molecular flexibility index (Phi) is 5.18. The Balaban J connectivity index is 1.77. The van der Waals surface area contributed by atoms with E-state index in [1.165, 1.54) is 11.3 Å². The Morgan fingerprint density at radius 1 is 1.03 bits per heavy atom. The van der Waals surface area contributed by atoms with E-state index in [1.54, 1.807) is 6.07 Å². The lowest BCUT2D eigenvalue weighted by Crippen LogP contribution is -2.13. The molecule has 0 saturated heterocycles. The van der Waals surface area contributed by atoms with Gasteiger partial charge in [-0.15, -0.1) is 21.5 Å². The highest BCUT2D eigenvalue weighted by Gasteiger charge is 2.34. The predicted octanol–water partition coefficient (Wildman–Crippen LogP) is 2.87. The lowest BCUT2D eigenvalue weighted by Gasteiger charge is -2.07. The molecule has 0 aliphatic carbocycles. The summed E-state index contributed by atoms with van der Waals surface area (Å²) in [6, 6.07) is 15.3. The van der Waals surface area contributed by atoms with Gasteiger partial charge >= 0.3 is 0 Å². The highest BCUT2D eigenvalue weighted by atomic mass is 32.2. The van der Waals surface area contributed by atoms with Gasteiger partial charge in [0.2, 0.25) is 11.8 Å². The summed E-state index contributed by atoms with van der Waals surface area (Å²) < 4.78 is 61.9. The zero-order chi connectivity index (χ0) is 21.5. The molecule has 1 unspecified atom stereocenters. The van der Waals surface area contributed by atoms with Crippen LogP contribution in [-0.2, 0) is 25.7 Å². The van der Waals surface area contributed by atoms with Crippen LogP contribution in [0.25, 0.3) is 21.3 Å². The van der Waals surface area contributed by atoms with Crippen molar-refractivity contribution >= 4 is 41.5 Å². The maximum Gasteiger partial charge on any atom is 0.273 e. The molecule has 2 heterocycles. The van der Waals surface area contributed by atoms with Crippen LogP contribution in [0, 0.1) is 0 Å². The topological polar surface area (TPSA) is 140 Å². The van der Waals surface area contributed by atoms with Crippen molar-refractivity contribution in [3.05, 3.63) is 65.3 Å². The molecule has 0 radical (unpaired) electrons. The van der Waals surface area contributed by atoms with Crippen LogP contribution in [0.2, 0.25) is 0 Å². The van der Waals surface area contributed by atoms with E-state index in [0.717, 1.165) is 22.1 Å². The first-order valence-electron chi connectivity index (χ1n) is 8.52. The zero-order valence-electron chi connectivity index (χ0n) is 15.5. The summed E-state index contributed by atoms with van der Waals surface area (Å²) in [4.78, 5) is 4.42. The van der Waals surface area contributed by atoms with Gasteiger partial charge in [-0.05, 0) is 23.3 Å². The molecule has 0 saturated carbocycles. The first kappa shape index (κ1) is 20.6. The third kappa shape index (κ3) is 4.41. The maximum absolute atomic E-state index is 12.5. The second kappa shape index (κ2) is 7.54. The second-order valence-electron chi connectivity index (χ2n) is 6.57. The van der Waals surface area contributed by atoms with E-state index >= 15 is 0 Å². The third-order valence-electron chi connectivity index (χ3n) is 4.18. The molecule has 0 spiro atoms. The van der Waals surface area contributed by atoms with Crippen LogP contribution in [0.15, 0.2) is 52.9 Å². The van der Waals surface area contributed by atoms with Crippen LogP contribution in [0.5, 0.6) is 0 Å². The lowest BCUT2D eigenvalue weighted by molar-refractivity contribution is 0.443. The van der Waals surface area contributed by atoms with Crippen molar-refractivity contribution in [2.24, 2.45) is 0 Å². The summed E-state index contributed by atoms with van der Waals surface area (Å²) >= 11 is 1.17. The molecule has 0 aliphatic rings. The van der Waals surface area contributed by atoms with Crippen molar-refractivity contribution in [2.45, 2.75) is 11.0 Å². The highest BCUT2D eigenvalue weighted by molar-refractivity contribution is 7.91. The number of aromatic nitrogens is 3. The second-order valence-corrected chi connectivity index (χ2v) is 11.2. The number of sulfone groups is 1. The normalized spacial score (nSPS) is 13.5. The Morgan fingerprint density at radius 3 is 2.43 bits per heavy atom. The van der Waals surface area contributed by atoms with E-state index in [2.05, 4.69) is 15.2 Å². The fourth-order valence-corrected chi connectivity index (χ4v) is 5.88. The molecular formula is C18H15N3O6S3. The number of benzene rings is 2. The van der Waals surface area contributed by atoms with Crippen molar-refractivity contribution in [1.29, 1.82) is 0 Å². The third-order valence-corrected chi connectivity index (χ3v) is 7.30. The van der Waals surface area contributed by atoms with E-state index in [9.17, 15) is 16.8 Å². The van der Waals surface area contributed by atoms with Gasteiger partial charge in [0.1, 0.15) is 5.01 Å². The quantitative estimate of drug-likeness (QED) is 0.425. The highest BCUT2D eigenvalue weighted by Crippen LogP contribution is 2.36. The summed E-state index contributed by atoms with van der Waals surface area (Å²) in [5, 5.41) is 6.07. The van der Waals surface area contributed by atoms with Crippen molar-refractivity contribution in [2.75, 3.05) is 6.26 Å². The van der Waals surface area contributed by atoms with E-state index in [4.69, 9.17) is 8.97 Å². The Bertz CT molecular complexity index is 1430. The van der Waals surface area contributed by atoms with Gasteiger partial charge in [-0.2, -0.15) is 8.42 Å². The van der Waals surface area contributed by atoms with Gasteiger partial charge in [0, 0.05) is 6.26 Å². The molecule has 12 heteroatoms. The molecule has 30 heavy (non-hydrogen) atoms. The minimum atomic E-state index is -4.40. The number of hydrogen-bond acceptors (Lipinski definition) is 9. The van der Waals surface area contributed by atoms with Crippen LogP contribution in [0.3, 0.4) is 0 Å². The molecule has 4 aromatic rings. The summed E-state index contributed by atoms with van der Waals surface area (Å²) in [6.07, 6.45) is 1.01. The molecule has 4 rings (SSSR count). The molecule has 1 N–H and O–H groups in total. The average Bonchev–Trinajstić information content (AvgIpc) is 3.26. The summed E-state index contributed by atoms with van der Waals surface area (Å²) in [5.41, 5.74) is 2.59. The molecule has 0 fully saturated rings. The van der Waals surface area contributed by atoms with E-state index in [0.29, 0.717) is 5.52 Å². The lowest BCUT2D eigenvalue weighted by atomic mass is 10.1.